The van der Waals surface area contributed by atoms with Crippen molar-refractivity contribution in [1.29, 1.82) is 0 Å². The number of aromatic nitrogens is 3. The molecular weight excluding hydrogens is 424 g/mol. The van der Waals surface area contributed by atoms with Gasteiger partial charge in [0.15, 0.2) is 5.82 Å². The van der Waals surface area contributed by atoms with E-state index in [1.54, 1.807) is 35.4 Å². The van der Waals surface area contributed by atoms with E-state index in [0.29, 0.717) is 36.3 Å². The molecule has 1 fully saturated rings. The molecule has 0 atom stereocenters. The van der Waals surface area contributed by atoms with Gasteiger partial charge in [-0.25, -0.2) is 14.2 Å². The lowest BCUT2D eigenvalue weighted by atomic mass is 10.0. The molecule has 0 radical (unpaired) electrons. The van der Waals surface area contributed by atoms with Crippen molar-refractivity contribution in [2.75, 3.05) is 31.7 Å². The van der Waals surface area contributed by atoms with Crippen LogP contribution in [-0.2, 0) is 0 Å². The first-order chi connectivity index (χ1) is 16.2. The number of alkyl halides is 1. The van der Waals surface area contributed by atoms with Gasteiger partial charge in [-0.1, -0.05) is 23.8 Å². The standard InChI is InChI=1S/C24H24FN5O3/c25-10-14-32-21-6-7-23(26-17-21)33-20-4-1-3-19(16-20)15-18-8-12-30(13-9-18)24(31)28-22-5-2-11-27-29-22/h1-7,11,15-17H,8-10,12-14H2,(H,28,29,31)/i25-1. The Bertz CT molecular complexity index is 1080. The summed E-state index contributed by atoms with van der Waals surface area (Å²) in [6.07, 6.45) is 6.78. The summed E-state index contributed by atoms with van der Waals surface area (Å²) >= 11 is 0. The Kier molecular flexibility index (Phi) is 7.42. The van der Waals surface area contributed by atoms with E-state index < -0.39 is 6.67 Å². The maximum Gasteiger partial charge on any atom is 0.323 e. The lowest BCUT2D eigenvalue weighted by molar-refractivity contribution is 0.207. The smallest absolute Gasteiger partial charge is 0.323 e. The molecule has 170 valence electrons. The molecule has 0 bridgehead atoms. The van der Waals surface area contributed by atoms with E-state index in [1.165, 1.54) is 11.8 Å². The Balaban J connectivity index is 1.31. The van der Waals surface area contributed by atoms with Gasteiger partial charge in [0.1, 0.15) is 24.8 Å². The van der Waals surface area contributed by atoms with E-state index in [9.17, 15) is 9.18 Å². The molecule has 0 unspecified atom stereocenters. The molecule has 0 spiro atoms. The van der Waals surface area contributed by atoms with Crippen molar-refractivity contribution >= 4 is 17.9 Å². The molecule has 3 aromatic rings. The van der Waals surface area contributed by atoms with Gasteiger partial charge in [-0.05, 0) is 48.7 Å². The monoisotopic (exact) mass is 448 g/mol. The molecule has 8 nitrogen and oxygen atoms in total. The summed E-state index contributed by atoms with van der Waals surface area (Å²) in [4.78, 5) is 18.4. The number of benzene rings is 1. The number of nitrogens with one attached hydrogen (secondary N) is 1. The zero-order chi connectivity index (χ0) is 22.9. The second kappa shape index (κ2) is 11.0. The van der Waals surface area contributed by atoms with Crippen molar-refractivity contribution in [2.45, 2.75) is 12.8 Å². The number of urea groups is 1. The van der Waals surface area contributed by atoms with Crippen LogP contribution in [0.3, 0.4) is 0 Å². The van der Waals surface area contributed by atoms with E-state index in [-0.39, 0.29) is 12.6 Å². The highest BCUT2D eigenvalue weighted by Crippen LogP contribution is 2.25. The number of likely N-dealkylation sites (tertiary alicyclic amines) is 1. The third-order valence-corrected chi connectivity index (χ3v) is 5.01. The van der Waals surface area contributed by atoms with Crippen molar-refractivity contribution in [3.63, 3.8) is 0 Å². The zero-order valence-electron chi connectivity index (χ0n) is 18.0. The van der Waals surface area contributed by atoms with E-state index >= 15 is 0 Å². The molecule has 1 N–H and O–H groups in total. The third kappa shape index (κ3) is 6.49. The van der Waals surface area contributed by atoms with Crippen LogP contribution in [0, 0.1) is 0 Å². The minimum absolute atomic E-state index is 0.00272. The number of ether oxygens (including phenoxy) is 2. The van der Waals surface area contributed by atoms with Gasteiger partial charge in [0.2, 0.25) is 5.88 Å². The summed E-state index contributed by atoms with van der Waals surface area (Å²) in [6, 6.07) is 14.4. The molecule has 9 heteroatoms. The Hall–Kier alpha value is -4.01. The summed E-state index contributed by atoms with van der Waals surface area (Å²) in [5, 5.41) is 10.4. The molecule has 3 heterocycles. The average Bonchev–Trinajstić information content (AvgIpc) is 2.85. The van der Waals surface area contributed by atoms with Gasteiger partial charge in [-0.15, -0.1) is 5.10 Å². The lowest BCUT2D eigenvalue weighted by Crippen LogP contribution is -2.39. The number of carbonyl (C=O) groups is 1. The van der Waals surface area contributed by atoms with Crippen molar-refractivity contribution in [3.8, 4) is 17.4 Å². The Morgan fingerprint density at radius 3 is 2.73 bits per heavy atom. The Morgan fingerprint density at radius 2 is 2.00 bits per heavy atom. The minimum Gasteiger partial charge on any atom is -0.489 e. The molecule has 2 aromatic heterocycles. The summed E-state index contributed by atoms with van der Waals surface area (Å²) in [5.74, 6) is 2.03. The van der Waals surface area contributed by atoms with Gasteiger partial charge in [0.25, 0.3) is 0 Å². The molecule has 33 heavy (non-hydrogen) atoms. The van der Waals surface area contributed by atoms with Crippen LogP contribution in [0.1, 0.15) is 18.4 Å². The average molecular weight is 448 g/mol. The highest BCUT2D eigenvalue weighted by Gasteiger charge is 2.19. The number of hydrogen-bond donors (Lipinski definition) is 1. The molecule has 1 aliphatic rings. The third-order valence-electron chi connectivity index (χ3n) is 5.01. The summed E-state index contributed by atoms with van der Waals surface area (Å²) < 4.78 is 23.2. The molecular formula is C24H24FN5O3. The SMILES string of the molecule is O=C(Nc1cccnn1)N1CCC(=Cc2cccc(Oc3ccc(OCC[18F])cn3)c2)CC1. The number of nitrogens with zero attached hydrogens (tertiary/aromatic N) is 4. The largest absolute Gasteiger partial charge is 0.489 e. The second-order valence-corrected chi connectivity index (χ2v) is 7.37. The number of hydrogen-bond acceptors (Lipinski definition) is 6. The molecule has 0 aliphatic carbocycles. The van der Waals surface area contributed by atoms with E-state index in [1.807, 2.05) is 24.3 Å². The van der Waals surface area contributed by atoms with Gasteiger partial charge in [0.05, 0.1) is 6.20 Å². The topological polar surface area (TPSA) is 89.5 Å². The first-order valence-corrected chi connectivity index (χ1v) is 10.7. The van der Waals surface area contributed by atoms with Gasteiger partial charge < -0.3 is 14.4 Å². The number of carbonyl (C=O) groups excluding carboxylic acids is 1. The molecule has 4 rings (SSSR count). The number of pyridine rings is 1. The van der Waals surface area contributed by atoms with Crippen molar-refractivity contribution in [3.05, 3.63) is 72.1 Å². The van der Waals surface area contributed by atoms with Crippen LogP contribution in [0.5, 0.6) is 17.4 Å². The normalized spacial score (nSPS) is 13.4. The highest BCUT2D eigenvalue weighted by atomic mass is 18.2. The summed E-state index contributed by atoms with van der Waals surface area (Å²) in [6.45, 7) is 0.723. The summed E-state index contributed by atoms with van der Waals surface area (Å²) in [7, 11) is 0. The van der Waals surface area contributed by atoms with Gasteiger partial charge in [-0.2, -0.15) is 5.10 Å². The van der Waals surface area contributed by atoms with Crippen molar-refractivity contribution < 1.29 is 18.7 Å². The maximum absolute atomic E-state index is 12.4. The molecule has 0 saturated carbocycles. The first kappa shape index (κ1) is 22.2. The fourth-order valence-electron chi connectivity index (χ4n) is 3.39. The number of halogens is 1. The van der Waals surface area contributed by atoms with Crippen molar-refractivity contribution in [1.82, 2.24) is 20.1 Å². The molecule has 1 aliphatic heterocycles. The molecule has 2 amide bonds. The lowest BCUT2D eigenvalue weighted by Gasteiger charge is -2.28. The number of rotatable bonds is 7. The highest BCUT2D eigenvalue weighted by molar-refractivity contribution is 5.88. The van der Waals surface area contributed by atoms with Crippen LogP contribution < -0.4 is 14.8 Å². The number of amides is 2. The van der Waals surface area contributed by atoms with E-state index in [2.05, 4.69) is 26.6 Å². The molecule has 1 saturated heterocycles. The van der Waals surface area contributed by atoms with Crippen LogP contribution in [0.15, 0.2) is 66.5 Å². The predicted octanol–water partition coefficient (Wildman–Crippen LogP) is 4.72. The zero-order valence-corrected chi connectivity index (χ0v) is 18.0. The Labute approximate surface area is 191 Å². The fraction of sp³-hybridized carbons (Fsp3) is 0.250. The number of piperidine rings is 1. The molecule has 1 aromatic carbocycles. The second-order valence-electron chi connectivity index (χ2n) is 7.37. The first-order valence-electron chi connectivity index (χ1n) is 10.7. The van der Waals surface area contributed by atoms with Gasteiger partial charge in [0, 0.05) is 25.4 Å². The van der Waals surface area contributed by atoms with Gasteiger partial charge >= 0.3 is 6.03 Å². The van der Waals surface area contributed by atoms with Crippen molar-refractivity contribution in [2.24, 2.45) is 0 Å². The fourth-order valence-corrected chi connectivity index (χ4v) is 3.39. The van der Waals surface area contributed by atoms with Crippen LogP contribution in [0.4, 0.5) is 15.0 Å². The summed E-state index contributed by atoms with van der Waals surface area (Å²) in [5.41, 5.74) is 2.28. The minimum atomic E-state index is -0.547. The quantitative estimate of drug-likeness (QED) is 0.562. The van der Waals surface area contributed by atoms with Crippen LogP contribution >= 0.6 is 0 Å². The maximum atomic E-state index is 12.4. The predicted molar refractivity (Wildman–Crippen MR) is 122 cm³/mol. The van der Waals surface area contributed by atoms with E-state index in [0.717, 1.165) is 18.4 Å². The van der Waals surface area contributed by atoms with Crippen LogP contribution in [-0.4, -0.2) is 52.5 Å². The van der Waals surface area contributed by atoms with Crippen LogP contribution in [0.25, 0.3) is 6.08 Å². The Morgan fingerprint density at radius 1 is 1.12 bits per heavy atom. The van der Waals surface area contributed by atoms with Crippen LogP contribution in [0.2, 0.25) is 0 Å². The van der Waals surface area contributed by atoms with Gasteiger partial charge in [-0.3, -0.25) is 5.32 Å². The number of anilines is 1. The van der Waals surface area contributed by atoms with E-state index in [4.69, 9.17) is 9.47 Å².